The Morgan fingerprint density at radius 3 is 2.14 bits per heavy atom. The van der Waals surface area contributed by atoms with Crippen molar-refractivity contribution < 1.29 is 32.9 Å². The molecule has 156 valence electrons. The Bertz CT molecular complexity index is 853. The Morgan fingerprint density at radius 2 is 1.55 bits per heavy atom. The predicted molar refractivity (Wildman–Crippen MR) is 104 cm³/mol. The Kier molecular flexibility index (Phi) is 7.82. The van der Waals surface area contributed by atoms with Gasteiger partial charge in [0.25, 0.3) is 5.91 Å². The smallest absolute Gasteiger partial charge is 0.342 e. The molecule has 0 heterocycles. The number of hydrogen-bond donors (Lipinski definition) is 1. The number of amides is 1. The fraction of sp³-hybridized carbons (Fsp3) is 0.333. The number of methoxy groups -OCH3 is 3. The molecule has 8 heteroatoms. The van der Waals surface area contributed by atoms with Crippen molar-refractivity contribution in [2.24, 2.45) is 0 Å². The van der Waals surface area contributed by atoms with Crippen LogP contribution < -0.4 is 19.5 Å². The molecule has 2 aromatic rings. The van der Waals surface area contributed by atoms with E-state index in [9.17, 15) is 14.0 Å². The SMILES string of the molecule is COc1cc(OC)c(C(=O)O[C@@H](C)C(=O)NCCc2ccc(F)cc2)cc1OC. The van der Waals surface area contributed by atoms with Crippen LogP contribution in [0, 0.1) is 5.82 Å². The minimum Gasteiger partial charge on any atom is -0.496 e. The van der Waals surface area contributed by atoms with Crippen molar-refractivity contribution in [3.05, 3.63) is 53.3 Å². The molecule has 1 amide bonds. The van der Waals surface area contributed by atoms with Gasteiger partial charge in [0, 0.05) is 18.7 Å². The molecular formula is C21H24FNO6. The predicted octanol–water partition coefficient (Wildman–Crippen LogP) is 2.76. The fourth-order valence-electron chi connectivity index (χ4n) is 2.59. The van der Waals surface area contributed by atoms with Crippen LogP contribution in [-0.2, 0) is 16.0 Å². The van der Waals surface area contributed by atoms with E-state index in [1.807, 2.05) is 0 Å². The van der Waals surface area contributed by atoms with Crippen LogP contribution in [0.1, 0.15) is 22.8 Å². The minimum absolute atomic E-state index is 0.108. The molecular weight excluding hydrogens is 381 g/mol. The Hall–Kier alpha value is -3.29. The van der Waals surface area contributed by atoms with Gasteiger partial charge >= 0.3 is 5.97 Å². The van der Waals surface area contributed by atoms with Crippen molar-refractivity contribution in [3.8, 4) is 17.2 Å². The van der Waals surface area contributed by atoms with E-state index < -0.39 is 18.0 Å². The molecule has 0 spiro atoms. The summed E-state index contributed by atoms with van der Waals surface area (Å²) in [5.74, 6) is -0.534. The third-order valence-corrected chi connectivity index (χ3v) is 4.20. The number of rotatable bonds is 9. The van der Waals surface area contributed by atoms with E-state index >= 15 is 0 Å². The summed E-state index contributed by atoms with van der Waals surface area (Å²) in [6.45, 7) is 1.80. The average molecular weight is 405 g/mol. The van der Waals surface area contributed by atoms with Crippen molar-refractivity contribution in [2.45, 2.75) is 19.4 Å². The highest BCUT2D eigenvalue weighted by Gasteiger charge is 2.23. The van der Waals surface area contributed by atoms with Crippen LogP contribution in [0.2, 0.25) is 0 Å². The maximum Gasteiger partial charge on any atom is 0.342 e. The third kappa shape index (κ3) is 5.84. The lowest BCUT2D eigenvalue weighted by Gasteiger charge is -2.16. The van der Waals surface area contributed by atoms with Gasteiger partial charge in [-0.25, -0.2) is 9.18 Å². The molecule has 0 aliphatic carbocycles. The fourth-order valence-corrected chi connectivity index (χ4v) is 2.59. The van der Waals surface area contributed by atoms with Crippen LogP contribution in [0.25, 0.3) is 0 Å². The monoisotopic (exact) mass is 405 g/mol. The van der Waals surface area contributed by atoms with Gasteiger partial charge in [0.1, 0.15) is 17.1 Å². The van der Waals surface area contributed by atoms with E-state index in [0.717, 1.165) is 5.56 Å². The number of carbonyl (C=O) groups excluding carboxylic acids is 2. The quantitative estimate of drug-likeness (QED) is 0.646. The highest BCUT2D eigenvalue weighted by atomic mass is 19.1. The molecule has 0 aliphatic heterocycles. The molecule has 0 saturated heterocycles. The second-order valence-corrected chi connectivity index (χ2v) is 6.12. The lowest BCUT2D eigenvalue weighted by Crippen LogP contribution is -2.37. The summed E-state index contributed by atoms with van der Waals surface area (Å²) in [4.78, 5) is 24.7. The first-order chi connectivity index (χ1) is 13.9. The zero-order chi connectivity index (χ0) is 21.4. The largest absolute Gasteiger partial charge is 0.496 e. The van der Waals surface area contributed by atoms with E-state index in [2.05, 4.69) is 5.32 Å². The highest BCUT2D eigenvalue weighted by molar-refractivity contribution is 5.95. The zero-order valence-corrected chi connectivity index (χ0v) is 16.8. The van der Waals surface area contributed by atoms with Gasteiger partial charge in [-0.05, 0) is 31.0 Å². The van der Waals surface area contributed by atoms with E-state index in [1.54, 1.807) is 12.1 Å². The van der Waals surface area contributed by atoms with Gasteiger partial charge in [-0.2, -0.15) is 0 Å². The summed E-state index contributed by atoms with van der Waals surface area (Å²) >= 11 is 0. The Balaban J connectivity index is 1.96. The molecule has 1 N–H and O–H groups in total. The molecule has 0 radical (unpaired) electrons. The summed E-state index contributed by atoms with van der Waals surface area (Å²) in [5, 5.41) is 2.69. The van der Waals surface area contributed by atoms with Crippen LogP contribution in [0.3, 0.4) is 0 Å². The number of esters is 1. The second-order valence-electron chi connectivity index (χ2n) is 6.12. The first-order valence-electron chi connectivity index (χ1n) is 8.92. The third-order valence-electron chi connectivity index (χ3n) is 4.20. The van der Waals surface area contributed by atoms with Crippen molar-refractivity contribution in [2.75, 3.05) is 27.9 Å². The summed E-state index contributed by atoms with van der Waals surface area (Å²) < 4.78 is 33.7. The summed E-state index contributed by atoms with van der Waals surface area (Å²) in [5.41, 5.74) is 0.988. The van der Waals surface area contributed by atoms with Gasteiger partial charge in [0.05, 0.1) is 21.3 Å². The van der Waals surface area contributed by atoms with Crippen molar-refractivity contribution in [1.29, 1.82) is 0 Å². The van der Waals surface area contributed by atoms with Crippen LogP contribution in [0.4, 0.5) is 4.39 Å². The standard InChI is InChI=1S/C21H24FNO6/c1-13(20(24)23-10-9-14-5-7-15(22)8-6-14)29-21(25)16-11-18(27-3)19(28-4)12-17(16)26-2/h5-8,11-13H,9-10H2,1-4H3,(H,23,24)/t13-/m0/s1. The average Bonchev–Trinajstić information content (AvgIpc) is 2.73. The molecule has 7 nitrogen and oxygen atoms in total. The van der Waals surface area contributed by atoms with E-state index in [-0.39, 0.29) is 17.1 Å². The molecule has 2 rings (SSSR count). The molecule has 0 fully saturated rings. The molecule has 0 unspecified atom stereocenters. The summed E-state index contributed by atoms with van der Waals surface area (Å²) in [6.07, 6.45) is -0.496. The van der Waals surface area contributed by atoms with Crippen LogP contribution in [-0.4, -0.2) is 45.9 Å². The van der Waals surface area contributed by atoms with Gasteiger partial charge in [-0.15, -0.1) is 0 Å². The zero-order valence-electron chi connectivity index (χ0n) is 16.8. The highest BCUT2D eigenvalue weighted by Crippen LogP contribution is 2.35. The number of nitrogens with one attached hydrogen (secondary N) is 1. The molecule has 29 heavy (non-hydrogen) atoms. The summed E-state index contributed by atoms with van der Waals surface area (Å²) in [6, 6.07) is 8.95. The van der Waals surface area contributed by atoms with E-state index in [4.69, 9.17) is 18.9 Å². The number of hydrogen-bond acceptors (Lipinski definition) is 6. The van der Waals surface area contributed by atoms with Gasteiger partial charge in [-0.1, -0.05) is 12.1 Å². The topological polar surface area (TPSA) is 83.1 Å². The van der Waals surface area contributed by atoms with Crippen LogP contribution in [0.5, 0.6) is 17.2 Å². The maximum atomic E-state index is 12.9. The Morgan fingerprint density at radius 1 is 0.966 bits per heavy atom. The normalized spacial score (nSPS) is 11.3. The molecule has 0 bridgehead atoms. The minimum atomic E-state index is -1.02. The van der Waals surface area contributed by atoms with Crippen LogP contribution in [0.15, 0.2) is 36.4 Å². The first kappa shape index (κ1) is 22.0. The van der Waals surface area contributed by atoms with Gasteiger partial charge in [0.15, 0.2) is 17.6 Å². The molecule has 0 aromatic heterocycles. The van der Waals surface area contributed by atoms with E-state index in [1.165, 1.54) is 52.5 Å². The Labute approximate surface area is 168 Å². The molecule has 0 saturated carbocycles. The molecule has 0 aliphatic rings. The van der Waals surface area contributed by atoms with Gasteiger partial charge in [0.2, 0.25) is 0 Å². The maximum absolute atomic E-state index is 12.9. The number of ether oxygens (including phenoxy) is 4. The van der Waals surface area contributed by atoms with Crippen molar-refractivity contribution >= 4 is 11.9 Å². The number of carbonyl (C=O) groups is 2. The van der Waals surface area contributed by atoms with Crippen LogP contribution >= 0.6 is 0 Å². The molecule has 1 atom stereocenters. The number of halogens is 1. The lowest BCUT2D eigenvalue weighted by atomic mass is 10.1. The first-order valence-corrected chi connectivity index (χ1v) is 8.92. The van der Waals surface area contributed by atoms with Crippen molar-refractivity contribution in [1.82, 2.24) is 5.32 Å². The summed E-state index contributed by atoms with van der Waals surface area (Å²) in [7, 11) is 4.31. The molecule has 2 aromatic carbocycles. The number of benzene rings is 2. The van der Waals surface area contributed by atoms with Crippen molar-refractivity contribution in [3.63, 3.8) is 0 Å². The lowest BCUT2D eigenvalue weighted by molar-refractivity contribution is -0.129. The van der Waals surface area contributed by atoms with Gasteiger partial charge in [-0.3, -0.25) is 4.79 Å². The second kappa shape index (κ2) is 10.3. The van der Waals surface area contributed by atoms with Gasteiger partial charge < -0.3 is 24.3 Å². The van der Waals surface area contributed by atoms with E-state index in [0.29, 0.717) is 24.5 Å².